The van der Waals surface area contributed by atoms with Crippen molar-refractivity contribution in [2.24, 2.45) is 5.92 Å². The van der Waals surface area contributed by atoms with Gasteiger partial charge in [0.15, 0.2) is 5.11 Å². The van der Waals surface area contributed by atoms with E-state index in [9.17, 15) is 4.79 Å². The van der Waals surface area contributed by atoms with Gasteiger partial charge in [-0.1, -0.05) is 49.7 Å². The van der Waals surface area contributed by atoms with Gasteiger partial charge in [0.2, 0.25) is 0 Å². The molecular formula is C21H26N2O2S. The van der Waals surface area contributed by atoms with Gasteiger partial charge in [0.25, 0.3) is 5.91 Å². The molecule has 0 aromatic heterocycles. The maximum atomic E-state index is 12.4. The van der Waals surface area contributed by atoms with Gasteiger partial charge in [-0.25, -0.2) is 0 Å². The fourth-order valence-electron chi connectivity index (χ4n) is 2.25. The number of carbonyl (C=O) groups excluding carboxylic acids is 1. The predicted octanol–water partition coefficient (Wildman–Crippen LogP) is 4.22. The van der Waals surface area contributed by atoms with E-state index in [1.807, 2.05) is 43.3 Å². The smallest absolute Gasteiger partial charge is 0.257 e. The largest absolute Gasteiger partial charge is 0.494 e. The maximum absolute atomic E-state index is 12.4. The van der Waals surface area contributed by atoms with Crippen LogP contribution in [0.15, 0.2) is 48.5 Å². The van der Waals surface area contributed by atoms with E-state index in [1.54, 1.807) is 12.1 Å². The number of hydrogen-bond acceptors (Lipinski definition) is 3. The molecule has 0 aliphatic carbocycles. The standard InChI is InChI=1S/C21H26N2O2S/c1-15(2)11-12-25-19-6-4-5-18(13-19)20(24)23-21(26)22-14-17-9-7-16(3)8-10-17/h4-10,13,15H,11-12,14H2,1-3H3,(H2,22,23,24,26). The van der Waals surface area contributed by atoms with Crippen molar-refractivity contribution < 1.29 is 9.53 Å². The fourth-order valence-corrected chi connectivity index (χ4v) is 2.41. The molecule has 4 nitrogen and oxygen atoms in total. The van der Waals surface area contributed by atoms with E-state index in [2.05, 4.69) is 24.5 Å². The molecule has 2 rings (SSSR count). The van der Waals surface area contributed by atoms with E-state index >= 15 is 0 Å². The number of nitrogens with one attached hydrogen (secondary N) is 2. The Morgan fingerprint density at radius 3 is 2.58 bits per heavy atom. The molecule has 0 unspecified atom stereocenters. The minimum Gasteiger partial charge on any atom is -0.494 e. The minimum atomic E-state index is -0.249. The van der Waals surface area contributed by atoms with Crippen molar-refractivity contribution in [1.29, 1.82) is 0 Å². The van der Waals surface area contributed by atoms with Crippen LogP contribution in [0.5, 0.6) is 5.75 Å². The molecule has 5 heteroatoms. The van der Waals surface area contributed by atoms with Crippen LogP contribution in [0.2, 0.25) is 0 Å². The van der Waals surface area contributed by atoms with Crippen LogP contribution in [0, 0.1) is 12.8 Å². The van der Waals surface area contributed by atoms with Crippen LogP contribution in [0.4, 0.5) is 0 Å². The molecule has 0 fully saturated rings. The highest BCUT2D eigenvalue weighted by Crippen LogP contribution is 2.14. The third-order valence-corrected chi connectivity index (χ3v) is 4.11. The average Bonchev–Trinajstić information content (AvgIpc) is 2.61. The third kappa shape index (κ3) is 6.84. The molecule has 0 atom stereocenters. The lowest BCUT2D eigenvalue weighted by Crippen LogP contribution is -2.38. The molecular weight excluding hydrogens is 344 g/mol. The third-order valence-electron chi connectivity index (χ3n) is 3.86. The summed E-state index contributed by atoms with van der Waals surface area (Å²) in [4.78, 5) is 12.4. The first-order valence-corrected chi connectivity index (χ1v) is 9.22. The van der Waals surface area contributed by atoms with E-state index in [0.717, 1.165) is 12.0 Å². The predicted molar refractivity (Wildman–Crippen MR) is 109 cm³/mol. The van der Waals surface area contributed by atoms with Crippen LogP contribution < -0.4 is 15.4 Å². The number of thiocarbonyl (C=S) groups is 1. The summed E-state index contributed by atoms with van der Waals surface area (Å²) in [6.45, 7) is 7.55. The summed E-state index contributed by atoms with van der Waals surface area (Å²) in [6.07, 6.45) is 0.976. The molecule has 0 heterocycles. The molecule has 0 radical (unpaired) electrons. The molecule has 2 aromatic rings. The molecule has 0 saturated carbocycles. The highest BCUT2D eigenvalue weighted by Gasteiger charge is 2.09. The quantitative estimate of drug-likeness (QED) is 0.717. The molecule has 138 valence electrons. The Balaban J connectivity index is 1.84. The Kier molecular flexibility index (Phi) is 7.60. The number of benzene rings is 2. The number of hydrogen-bond donors (Lipinski definition) is 2. The van der Waals surface area contributed by atoms with E-state index in [1.165, 1.54) is 5.56 Å². The number of aryl methyl sites for hydroxylation is 1. The Hall–Kier alpha value is -2.40. The monoisotopic (exact) mass is 370 g/mol. The molecule has 0 spiro atoms. The van der Waals surface area contributed by atoms with Gasteiger partial charge in [0.05, 0.1) is 6.61 Å². The number of ether oxygens (including phenoxy) is 1. The van der Waals surface area contributed by atoms with Crippen molar-refractivity contribution in [3.63, 3.8) is 0 Å². The van der Waals surface area contributed by atoms with Gasteiger partial charge >= 0.3 is 0 Å². The zero-order valence-corrected chi connectivity index (χ0v) is 16.4. The van der Waals surface area contributed by atoms with Gasteiger partial charge in [-0.15, -0.1) is 0 Å². The Morgan fingerprint density at radius 2 is 1.88 bits per heavy atom. The van der Waals surface area contributed by atoms with Crippen LogP contribution in [0.25, 0.3) is 0 Å². The highest BCUT2D eigenvalue weighted by molar-refractivity contribution is 7.80. The molecule has 0 saturated heterocycles. The molecule has 2 N–H and O–H groups in total. The summed E-state index contributed by atoms with van der Waals surface area (Å²) in [6, 6.07) is 15.3. The van der Waals surface area contributed by atoms with Crippen LogP contribution in [0.3, 0.4) is 0 Å². The zero-order valence-electron chi connectivity index (χ0n) is 15.5. The molecule has 2 aromatic carbocycles. The highest BCUT2D eigenvalue weighted by atomic mass is 32.1. The second-order valence-corrected chi connectivity index (χ2v) is 7.09. The van der Waals surface area contributed by atoms with Crippen LogP contribution >= 0.6 is 12.2 Å². The second-order valence-electron chi connectivity index (χ2n) is 6.68. The van der Waals surface area contributed by atoms with Crippen LogP contribution in [0.1, 0.15) is 41.8 Å². The second kappa shape index (κ2) is 9.92. The summed E-state index contributed by atoms with van der Waals surface area (Å²) in [5.74, 6) is 1.02. The Morgan fingerprint density at radius 1 is 1.15 bits per heavy atom. The van der Waals surface area contributed by atoms with E-state index in [0.29, 0.717) is 35.5 Å². The lowest BCUT2D eigenvalue weighted by molar-refractivity contribution is 0.0976. The van der Waals surface area contributed by atoms with Crippen LogP contribution in [-0.2, 0) is 6.54 Å². The van der Waals surface area contributed by atoms with Crippen molar-refractivity contribution in [3.8, 4) is 5.75 Å². The fraction of sp³-hybridized carbons (Fsp3) is 0.333. The van der Waals surface area contributed by atoms with Crippen molar-refractivity contribution in [3.05, 3.63) is 65.2 Å². The zero-order chi connectivity index (χ0) is 18.9. The molecule has 0 aliphatic heterocycles. The lowest BCUT2D eigenvalue weighted by Gasteiger charge is -2.11. The minimum absolute atomic E-state index is 0.249. The Labute approximate surface area is 161 Å². The SMILES string of the molecule is Cc1ccc(CNC(=S)NC(=O)c2cccc(OCCC(C)C)c2)cc1. The van der Waals surface area contributed by atoms with Gasteiger partial charge in [-0.2, -0.15) is 0 Å². The number of amides is 1. The average molecular weight is 371 g/mol. The summed E-state index contributed by atoms with van der Waals surface area (Å²) < 4.78 is 5.70. The van der Waals surface area contributed by atoms with Crippen molar-refractivity contribution >= 4 is 23.2 Å². The van der Waals surface area contributed by atoms with Crippen LogP contribution in [-0.4, -0.2) is 17.6 Å². The molecule has 0 bridgehead atoms. The molecule has 26 heavy (non-hydrogen) atoms. The summed E-state index contributed by atoms with van der Waals surface area (Å²) in [5.41, 5.74) is 2.83. The first-order valence-electron chi connectivity index (χ1n) is 8.81. The summed E-state index contributed by atoms with van der Waals surface area (Å²) >= 11 is 5.21. The van der Waals surface area contributed by atoms with Crippen molar-refractivity contribution in [2.45, 2.75) is 33.7 Å². The summed E-state index contributed by atoms with van der Waals surface area (Å²) in [5, 5.41) is 6.06. The molecule has 0 aliphatic rings. The Bertz CT molecular complexity index is 742. The van der Waals surface area contributed by atoms with E-state index < -0.39 is 0 Å². The number of carbonyl (C=O) groups is 1. The van der Waals surface area contributed by atoms with Gasteiger partial charge in [0, 0.05) is 12.1 Å². The number of rotatable bonds is 7. The van der Waals surface area contributed by atoms with Gasteiger partial charge in [-0.3, -0.25) is 10.1 Å². The lowest BCUT2D eigenvalue weighted by atomic mass is 10.1. The van der Waals surface area contributed by atoms with E-state index in [-0.39, 0.29) is 5.91 Å². The molecule has 1 amide bonds. The summed E-state index contributed by atoms with van der Waals surface area (Å²) in [7, 11) is 0. The van der Waals surface area contributed by atoms with Gasteiger partial charge in [0.1, 0.15) is 5.75 Å². The van der Waals surface area contributed by atoms with Crippen molar-refractivity contribution in [1.82, 2.24) is 10.6 Å². The van der Waals surface area contributed by atoms with Gasteiger partial charge in [-0.05, 0) is 55.2 Å². The van der Waals surface area contributed by atoms with Crippen molar-refractivity contribution in [2.75, 3.05) is 6.61 Å². The maximum Gasteiger partial charge on any atom is 0.257 e. The topological polar surface area (TPSA) is 50.4 Å². The van der Waals surface area contributed by atoms with Gasteiger partial charge < -0.3 is 10.1 Å². The van der Waals surface area contributed by atoms with E-state index in [4.69, 9.17) is 17.0 Å². The first-order chi connectivity index (χ1) is 12.4. The first kappa shape index (κ1) is 19.9. The normalized spacial score (nSPS) is 10.5.